The lowest BCUT2D eigenvalue weighted by molar-refractivity contribution is 0.0418. The number of hydrogen-bond acceptors (Lipinski definition) is 4. The minimum absolute atomic E-state index is 0.0425. The summed E-state index contributed by atoms with van der Waals surface area (Å²) in [5, 5.41) is 1.51. The van der Waals surface area contributed by atoms with E-state index in [0.717, 1.165) is 51.1 Å². The van der Waals surface area contributed by atoms with Crippen LogP contribution in [0.15, 0.2) is 28.7 Å². The van der Waals surface area contributed by atoms with E-state index >= 15 is 0 Å². The van der Waals surface area contributed by atoms with Crippen LogP contribution in [-0.4, -0.2) is 61.1 Å². The number of piperazine rings is 1. The number of hydrogen-bond donors (Lipinski definition) is 0. The van der Waals surface area contributed by atoms with Crippen LogP contribution in [0.25, 0.3) is 11.0 Å². The van der Waals surface area contributed by atoms with Crippen LogP contribution in [0.5, 0.6) is 0 Å². The van der Waals surface area contributed by atoms with Crippen LogP contribution >= 0.6 is 11.6 Å². The van der Waals surface area contributed by atoms with Gasteiger partial charge < -0.3 is 14.1 Å². The smallest absolute Gasteiger partial charge is 0.289 e. The molecule has 4 rings (SSSR count). The Balaban J connectivity index is 1.38. The first kappa shape index (κ1) is 15.9. The van der Waals surface area contributed by atoms with Gasteiger partial charge in [0, 0.05) is 49.7 Å². The number of carbonyl (C=O) groups excluding carboxylic acids is 1. The molecule has 1 aromatic carbocycles. The molecule has 1 aromatic heterocycles. The van der Waals surface area contributed by atoms with E-state index in [4.69, 9.17) is 20.8 Å². The second kappa shape index (κ2) is 6.75. The number of furan rings is 1. The standard InChI is InChI=1S/C18H21ClN2O3/c19-14-3-4-16-13(10-14)11-17(24-16)18(22)21-7-5-20(6-8-21)12-15-2-1-9-23-15/h3-4,10-11,15H,1-2,5-9,12H2. The van der Waals surface area contributed by atoms with Crippen molar-refractivity contribution in [3.05, 3.63) is 35.0 Å². The Kier molecular flexibility index (Phi) is 4.48. The molecule has 0 spiro atoms. The van der Waals surface area contributed by atoms with E-state index in [2.05, 4.69) is 4.90 Å². The van der Waals surface area contributed by atoms with Crippen molar-refractivity contribution < 1.29 is 13.9 Å². The van der Waals surface area contributed by atoms with E-state index in [1.165, 1.54) is 6.42 Å². The first-order chi connectivity index (χ1) is 11.7. The number of halogens is 1. The molecule has 1 atom stereocenters. The van der Waals surface area contributed by atoms with Gasteiger partial charge >= 0.3 is 0 Å². The fourth-order valence-corrected chi connectivity index (χ4v) is 3.67. The van der Waals surface area contributed by atoms with Gasteiger partial charge in [0.2, 0.25) is 0 Å². The fraction of sp³-hybridized carbons (Fsp3) is 0.500. The van der Waals surface area contributed by atoms with Gasteiger partial charge in [-0.3, -0.25) is 9.69 Å². The van der Waals surface area contributed by atoms with Crippen LogP contribution in [0.2, 0.25) is 5.02 Å². The van der Waals surface area contributed by atoms with Crippen molar-refractivity contribution in [2.24, 2.45) is 0 Å². The molecule has 24 heavy (non-hydrogen) atoms. The van der Waals surface area contributed by atoms with Gasteiger partial charge in [-0.05, 0) is 37.1 Å². The molecule has 3 heterocycles. The SMILES string of the molecule is O=C(c1cc2cc(Cl)ccc2o1)N1CCN(CC2CCCO2)CC1. The summed E-state index contributed by atoms with van der Waals surface area (Å²) in [6, 6.07) is 7.17. The van der Waals surface area contributed by atoms with E-state index in [9.17, 15) is 4.79 Å². The Labute approximate surface area is 146 Å². The van der Waals surface area contributed by atoms with Crippen molar-refractivity contribution >= 4 is 28.5 Å². The van der Waals surface area contributed by atoms with Gasteiger partial charge in [0.1, 0.15) is 5.58 Å². The lowest BCUT2D eigenvalue weighted by atomic mass is 10.2. The quantitative estimate of drug-likeness (QED) is 0.855. The van der Waals surface area contributed by atoms with Gasteiger partial charge in [0.15, 0.2) is 5.76 Å². The van der Waals surface area contributed by atoms with Crippen LogP contribution in [0.4, 0.5) is 0 Å². The summed E-state index contributed by atoms with van der Waals surface area (Å²) in [5.74, 6) is 0.346. The molecule has 2 fully saturated rings. The van der Waals surface area contributed by atoms with E-state index < -0.39 is 0 Å². The third-order valence-corrected chi connectivity index (χ3v) is 5.07. The van der Waals surface area contributed by atoms with Gasteiger partial charge in [0.05, 0.1) is 6.10 Å². The van der Waals surface area contributed by atoms with E-state index in [1.807, 2.05) is 11.0 Å². The van der Waals surface area contributed by atoms with E-state index in [1.54, 1.807) is 18.2 Å². The molecule has 1 unspecified atom stereocenters. The van der Waals surface area contributed by atoms with Gasteiger partial charge in [0.25, 0.3) is 5.91 Å². The number of ether oxygens (including phenoxy) is 1. The second-order valence-corrected chi connectivity index (χ2v) is 6.96. The average molecular weight is 349 g/mol. The highest BCUT2D eigenvalue weighted by Gasteiger charge is 2.26. The van der Waals surface area contributed by atoms with E-state index in [0.29, 0.717) is 22.5 Å². The summed E-state index contributed by atoms with van der Waals surface area (Å²) in [7, 11) is 0. The van der Waals surface area contributed by atoms with Gasteiger partial charge in [-0.15, -0.1) is 0 Å². The van der Waals surface area contributed by atoms with Crippen LogP contribution in [-0.2, 0) is 4.74 Å². The zero-order valence-corrected chi connectivity index (χ0v) is 14.3. The maximum atomic E-state index is 12.7. The monoisotopic (exact) mass is 348 g/mol. The zero-order chi connectivity index (χ0) is 16.5. The largest absolute Gasteiger partial charge is 0.451 e. The van der Waals surface area contributed by atoms with Crippen molar-refractivity contribution in [3.8, 4) is 0 Å². The Morgan fingerprint density at radius 3 is 2.79 bits per heavy atom. The molecule has 2 saturated heterocycles. The highest BCUT2D eigenvalue weighted by atomic mass is 35.5. The topological polar surface area (TPSA) is 45.9 Å². The third-order valence-electron chi connectivity index (χ3n) is 4.83. The van der Waals surface area contributed by atoms with Gasteiger partial charge in [-0.1, -0.05) is 11.6 Å². The van der Waals surface area contributed by atoms with Gasteiger partial charge in [-0.25, -0.2) is 0 Å². The van der Waals surface area contributed by atoms with Crippen LogP contribution in [0, 0.1) is 0 Å². The molecule has 0 saturated carbocycles. The maximum Gasteiger partial charge on any atom is 0.289 e. The van der Waals surface area contributed by atoms with Crippen LogP contribution in [0.1, 0.15) is 23.4 Å². The predicted octanol–water partition coefficient (Wildman–Crippen LogP) is 3.02. The summed E-state index contributed by atoms with van der Waals surface area (Å²) >= 11 is 5.99. The number of nitrogens with zero attached hydrogens (tertiary/aromatic N) is 2. The number of fused-ring (bicyclic) bond motifs is 1. The molecule has 2 aliphatic rings. The van der Waals surface area contributed by atoms with E-state index in [-0.39, 0.29) is 5.91 Å². The summed E-state index contributed by atoms with van der Waals surface area (Å²) in [6.07, 6.45) is 2.69. The lowest BCUT2D eigenvalue weighted by Gasteiger charge is -2.35. The van der Waals surface area contributed by atoms with Crippen molar-refractivity contribution in [1.82, 2.24) is 9.80 Å². The Bertz CT molecular complexity index is 731. The highest BCUT2D eigenvalue weighted by molar-refractivity contribution is 6.31. The Morgan fingerprint density at radius 1 is 1.21 bits per heavy atom. The summed E-state index contributed by atoms with van der Waals surface area (Å²) in [5.41, 5.74) is 0.694. The molecule has 128 valence electrons. The van der Waals surface area contributed by atoms with Crippen LogP contribution in [0.3, 0.4) is 0 Å². The fourth-order valence-electron chi connectivity index (χ4n) is 3.49. The maximum absolute atomic E-state index is 12.7. The number of rotatable bonds is 3. The molecule has 1 amide bonds. The predicted molar refractivity (Wildman–Crippen MR) is 92.5 cm³/mol. The van der Waals surface area contributed by atoms with Crippen molar-refractivity contribution in [2.45, 2.75) is 18.9 Å². The minimum atomic E-state index is -0.0425. The molecule has 2 aromatic rings. The molecule has 5 nitrogen and oxygen atoms in total. The average Bonchev–Trinajstić information content (AvgIpc) is 3.24. The highest BCUT2D eigenvalue weighted by Crippen LogP contribution is 2.24. The Hall–Kier alpha value is -1.56. The number of carbonyl (C=O) groups is 1. The number of amides is 1. The molecule has 6 heteroatoms. The normalized spacial score (nSPS) is 22.4. The summed E-state index contributed by atoms with van der Waals surface area (Å²) < 4.78 is 11.4. The van der Waals surface area contributed by atoms with Crippen molar-refractivity contribution in [1.29, 1.82) is 0 Å². The van der Waals surface area contributed by atoms with Crippen molar-refractivity contribution in [2.75, 3.05) is 39.3 Å². The molecule has 2 aliphatic heterocycles. The van der Waals surface area contributed by atoms with Crippen molar-refractivity contribution in [3.63, 3.8) is 0 Å². The molecule has 0 radical (unpaired) electrons. The first-order valence-corrected chi connectivity index (χ1v) is 8.89. The molecule has 0 aliphatic carbocycles. The molecule has 0 bridgehead atoms. The number of benzene rings is 1. The Morgan fingerprint density at radius 2 is 2.04 bits per heavy atom. The van der Waals surface area contributed by atoms with Crippen LogP contribution < -0.4 is 0 Å². The molecule has 0 N–H and O–H groups in total. The molecular formula is C18H21ClN2O3. The van der Waals surface area contributed by atoms with Gasteiger partial charge in [-0.2, -0.15) is 0 Å². The summed E-state index contributed by atoms with van der Waals surface area (Å²) in [6.45, 7) is 5.09. The lowest BCUT2D eigenvalue weighted by Crippen LogP contribution is -2.50. The second-order valence-electron chi connectivity index (χ2n) is 6.52. The zero-order valence-electron chi connectivity index (χ0n) is 13.5. The molecular weight excluding hydrogens is 328 g/mol. The first-order valence-electron chi connectivity index (χ1n) is 8.51. The minimum Gasteiger partial charge on any atom is -0.451 e. The summed E-state index contributed by atoms with van der Waals surface area (Å²) in [4.78, 5) is 16.9. The third kappa shape index (κ3) is 3.29.